The molecule has 0 aromatic rings. The van der Waals surface area contributed by atoms with Gasteiger partial charge in [-0.25, -0.2) is 0 Å². The molecule has 0 bridgehead atoms. The van der Waals surface area contributed by atoms with E-state index in [4.69, 9.17) is 4.74 Å². The van der Waals surface area contributed by atoms with Crippen molar-refractivity contribution >= 4 is 5.91 Å². The largest absolute Gasteiger partial charge is 0.386 e. The van der Waals surface area contributed by atoms with E-state index in [0.29, 0.717) is 25.5 Å². The highest BCUT2D eigenvalue weighted by Gasteiger charge is 2.39. The quantitative estimate of drug-likeness (QED) is 0.595. The summed E-state index contributed by atoms with van der Waals surface area (Å²) >= 11 is 0. The molecule has 0 spiro atoms. The van der Waals surface area contributed by atoms with Crippen molar-refractivity contribution in [1.29, 1.82) is 0 Å². The fourth-order valence-electron chi connectivity index (χ4n) is 2.04. The summed E-state index contributed by atoms with van der Waals surface area (Å²) in [5, 5.41) is 16.1. The number of ether oxygens (including phenoxy) is 1. The van der Waals surface area contributed by atoms with Gasteiger partial charge in [-0.05, 0) is 25.7 Å². The molecule has 1 aliphatic carbocycles. The zero-order valence-corrected chi connectivity index (χ0v) is 10.4. The van der Waals surface area contributed by atoms with Crippen LogP contribution in [0.5, 0.6) is 0 Å². The Labute approximate surface area is 102 Å². The lowest BCUT2D eigenvalue weighted by atomic mass is 9.97. The van der Waals surface area contributed by atoms with Gasteiger partial charge >= 0.3 is 0 Å². The number of rotatable bonds is 6. The maximum Gasteiger partial charge on any atom is 0.233 e. The lowest BCUT2D eigenvalue weighted by Crippen LogP contribution is -2.48. The van der Waals surface area contributed by atoms with Gasteiger partial charge in [0.05, 0.1) is 12.6 Å². The number of aliphatic hydroxyl groups is 1. The van der Waals surface area contributed by atoms with Crippen molar-refractivity contribution < 1.29 is 14.6 Å². The van der Waals surface area contributed by atoms with Gasteiger partial charge in [-0.3, -0.25) is 4.79 Å². The van der Waals surface area contributed by atoms with Crippen molar-refractivity contribution in [2.45, 2.75) is 37.9 Å². The van der Waals surface area contributed by atoms with Crippen LogP contribution in [0.4, 0.5) is 0 Å². The maximum atomic E-state index is 11.4. The van der Waals surface area contributed by atoms with Gasteiger partial charge in [-0.1, -0.05) is 0 Å². The first-order valence-electron chi connectivity index (χ1n) is 6.41. The zero-order valence-electron chi connectivity index (χ0n) is 10.4. The number of hydrogen-bond acceptors (Lipinski definition) is 4. The average Bonchev–Trinajstić information content (AvgIpc) is 3.05. The van der Waals surface area contributed by atoms with Crippen molar-refractivity contribution in [2.24, 2.45) is 5.92 Å². The maximum absolute atomic E-state index is 11.4. The van der Waals surface area contributed by atoms with Crippen LogP contribution in [-0.2, 0) is 9.53 Å². The minimum absolute atomic E-state index is 0.00654. The van der Waals surface area contributed by atoms with E-state index < -0.39 is 5.60 Å². The van der Waals surface area contributed by atoms with E-state index in [1.807, 2.05) is 6.92 Å². The van der Waals surface area contributed by atoms with Crippen LogP contribution in [0.25, 0.3) is 0 Å². The summed E-state index contributed by atoms with van der Waals surface area (Å²) < 4.78 is 5.32. The van der Waals surface area contributed by atoms with Gasteiger partial charge in [0, 0.05) is 26.1 Å². The van der Waals surface area contributed by atoms with Crippen molar-refractivity contribution in [2.75, 3.05) is 26.2 Å². The Bertz CT molecular complexity index is 281. The molecule has 1 aliphatic heterocycles. The van der Waals surface area contributed by atoms with Gasteiger partial charge in [0.1, 0.15) is 5.60 Å². The zero-order chi connectivity index (χ0) is 12.3. The summed E-state index contributed by atoms with van der Waals surface area (Å²) in [6, 6.07) is 0. The summed E-state index contributed by atoms with van der Waals surface area (Å²) in [6.45, 7) is 3.92. The summed E-state index contributed by atoms with van der Waals surface area (Å²) in [5.41, 5.74) is -0.823. The van der Waals surface area contributed by atoms with Crippen LogP contribution in [0.3, 0.4) is 0 Å². The van der Waals surface area contributed by atoms with Crippen molar-refractivity contribution in [3.8, 4) is 0 Å². The Kier molecular flexibility index (Phi) is 4.01. The Hall–Kier alpha value is -0.650. The van der Waals surface area contributed by atoms with Gasteiger partial charge in [0.25, 0.3) is 0 Å². The predicted octanol–water partition coefficient (Wildman–Crippen LogP) is -0.358. The predicted molar refractivity (Wildman–Crippen MR) is 63.6 cm³/mol. The minimum atomic E-state index is -0.823. The van der Waals surface area contributed by atoms with Crippen LogP contribution in [0, 0.1) is 5.92 Å². The molecule has 3 N–H and O–H groups in total. The van der Waals surface area contributed by atoms with E-state index in [1.165, 1.54) is 12.8 Å². The molecule has 1 saturated heterocycles. The van der Waals surface area contributed by atoms with Crippen LogP contribution in [0.15, 0.2) is 0 Å². The molecule has 1 amide bonds. The van der Waals surface area contributed by atoms with Gasteiger partial charge < -0.3 is 20.5 Å². The molecule has 5 heteroatoms. The fourth-order valence-corrected chi connectivity index (χ4v) is 2.04. The highest BCUT2D eigenvalue weighted by Crippen LogP contribution is 2.27. The molecule has 0 aromatic carbocycles. The molecule has 17 heavy (non-hydrogen) atoms. The molecule has 2 unspecified atom stereocenters. The summed E-state index contributed by atoms with van der Waals surface area (Å²) in [4.78, 5) is 11.4. The Morgan fingerprint density at radius 2 is 2.29 bits per heavy atom. The van der Waals surface area contributed by atoms with Crippen LogP contribution in [0.1, 0.15) is 26.2 Å². The van der Waals surface area contributed by atoms with Crippen molar-refractivity contribution in [1.82, 2.24) is 10.6 Å². The molecule has 1 heterocycles. The van der Waals surface area contributed by atoms with Crippen LogP contribution in [0.2, 0.25) is 0 Å². The standard InChI is InChI=1S/C12H22N2O3/c1-9-12(16,4-5-17-9)8-13-7-11(15)14-6-10-2-3-10/h9-10,13,16H,2-8H2,1H3,(H,14,15). The molecular formula is C12H22N2O3. The second kappa shape index (κ2) is 5.33. The van der Waals surface area contributed by atoms with Crippen LogP contribution in [-0.4, -0.2) is 49.0 Å². The first-order valence-corrected chi connectivity index (χ1v) is 6.41. The molecule has 2 fully saturated rings. The molecule has 1 saturated carbocycles. The monoisotopic (exact) mass is 242 g/mol. The smallest absolute Gasteiger partial charge is 0.233 e. The number of nitrogens with one attached hydrogen (secondary N) is 2. The number of amides is 1. The van der Waals surface area contributed by atoms with Crippen molar-refractivity contribution in [3.63, 3.8) is 0 Å². The van der Waals surface area contributed by atoms with Gasteiger partial charge in [-0.15, -0.1) is 0 Å². The van der Waals surface area contributed by atoms with Crippen LogP contribution >= 0.6 is 0 Å². The summed E-state index contributed by atoms with van der Waals surface area (Å²) in [6.07, 6.45) is 2.94. The van der Waals surface area contributed by atoms with Gasteiger partial charge in [0.2, 0.25) is 5.91 Å². The molecule has 2 atom stereocenters. The Morgan fingerprint density at radius 1 is 1.53 bits per heavy atom. The van der Waals surface area contributed by atoms with E-state index in [-0.39, 0.29) is 18.6 Å². The van der Waals surface area contributed by atoms with Crippen LogP contribution < -0.4 is 10.6 Å². The third-order valence-corrected chi connectivity index (χ3v) is 3.66. The fraction of sp³-hybridized carbons (Fsp3) is 0.917. The Balaban J connectivity index is 1.59. The first-order chi connectivity index (χ1) is 8.10. The third kappa shape index (κ3) is 3.66. The molecule has 2 aliphatic rings. The molecule has 0 aromatic heterocycles. The molecule has 2 rings (SSSR count). The lowest BCUT2D eigenvalue weighted by Gasteiger charge is -2.26. The SMILES string of the molecule is CC1OCCC1(O)CNCC(=O)NCC1CC1. The third-order valence-electron chi connectivity index (χ3n) is 3.66. The molecular weight excluding hydrogens is 220 g/mol. The second-order valence-electron chi connectivity index (χ2n) is 5.22. The van der Waals surface area contributed by atoms with Gasteiger partial charge in [0.15, 0.2) is 0 Å². The van der Waals surface area contributed by atoms with Crippen molar-refractivity contribution in [3.05, 3.63) is 0 Å². The second-order valence-corrected chi connectivity index (χ2v) is 5.22. The normalized spacial score (nSPS) is 32.7. The number of carbonyl (C=O) groups excluding carboxylic acids is 1. The number of hydrogen-bond donors (Lipinski definition) is 3. The Morgan fingerprint density at radius 3 is 2.88 bits per heavy atom. The summed E-state index contributed by atoms with van der Waals surface area (Å²) in [5.74, 6) is 0.707. The summed E-state index contributed by atoms with van der Waals surface area (Å²) in [7, 11) is 0. The van der Waals surface area contributed by atoms with E-state index in [0.717, 1.165) is 6.54 Å². The average molecular weight is 242 g/mol. The number of carbonyl (C=O) groups is 1. The minimum Gasteiger partial charge on any atom is -0.386 e. The molecule has 5 nitrogen and oxygen atoms in total. The molecule has 98 valence electrons. The topological polar surface area (TPSA) is 70.6 Å². The van der Waals surface area contributed by atoms with Gasteiger partial charge in [-0.2, -0.15) is 0 Å². The van der Waals surface area contributed by atoms with E-state index in [2.05, 4.69) is 10.6 Å². The highest BCUT2D eigenvalue weighted by atomic mass is 16.5. The van der Waals surface area contributed by atoms with E-state index >= 15 is 0 Å². The first kappa shape index (κ1) is 12.8. The molecule has 0 radical (unpaired) electrons. The van der Waals surface area contributed by atoms with E-state index in [9.17, 15) is 9.90 Å². The lowest BCUT2D eigenvalue weighted by molar-refractivity contribution is -0.120. The highest BCUT2D eigenvalue weighted by molar-refractivity contribution is 5.78. The van der Waals surface area contributed by atoms with E-state index in [1.54, 1.807) is 0 Å².